The van der Waals surface area contributed by atoms with Crippen LogP contribution in [0.2, 0.25) is 0 Å². The first-order valence-corrected chi connectivity index (χ1v) is 6.95. The second kappa shape index (κ2) is 5.76. The fourth-order valence-electron chi connectivity index (χ4n) is 1.33. The molecule has 0 bridgehead atoms. The first-order chi connectivity index (χ1) is 9.02. The van der Waals surface area contributed by atoms with Gasteiger partial charge in [-0.3, -0.25) is 9.59 Å². The van der Waals surface area contributed by atoms with E-state index < -0.39 is 5.97 Å². The number of nitrogen functional groups attached to an aromatic ring is 1. The summed E-state index contributed by atoms with van der Waals surface area (Å²) in [5.74, 6) is -0.864. The number of hydrogen-bond acceptors (Lipinski definition) is 7. The second-order valence-corrected chi connectivity index (χ2v) is 5.43. The Morgan fingerprint density at radius 3 is 2.68 bits per heavy atom. The molecule has 0 aliphatic rings. The van der Waals surface area contributed by atoms with E-state index in [1.807, 2.05) is 0 Å². The van der Waals surface area contributed by atoms with Crippen molar-refractivity contribution in [3.05, 3.63) is 21.5 Å². The van der Waals surface area contributed by atoms with Crippen LogP contribution in [-0.2, 0) is 22.4 Å². The fraction of sp³-hybridized carbons (Fsp3) is 0.200. The predicted octanol–water partition coefficient (Wildman–Crippen LogP) is 0.990. The molecule has 9 heteroatoms. The lowest BCUT2D eigenvalue weighted by atomic mass is 10.3. The van der Waals surface area contributed by atoms with Gasteiger partial charge in [-0.15, -0.1) is 22.7 Å². The van der Waals surface area contributed by atoms with E-state index in [4.69, 9.17) is 10.8 Å². The summed E-state index contributed by atoms with van der Waals surface area (Å²) in [6, 6.07) is 0. The van der Waals surface area contributed by atoms with Gasteiger partial charge in [0.05, 0.1) is 18.5 Å². The second-order valence-electron chi connectivity index (χ2n) is 3.60. The molecule has 2 rings (SSSR count). The summed E-state index contributed by atoms with van der Waals surface area (Å²) in [7, 11) is 0. The molecule has 0 saturated carbocycles. The minimum atomic E-state index is -0.954. The Labute approximate surface area is 116 Å². The molecule has 2 aromatic heterocycles. The highest BCUT2D eigenvalue weighted by Crippen LogP contribution is 2.16. The van der Waals surface area contributed by atoms with E-state index in [2.05, 4.69) is 15.3 Å². The number of thiazole rings is 2. The lowest BCUT2D eigenvalue weighted by molar-refractivity contribution is -0.136. The van der Waals surface area contributed by atoms with Gasteiger partial charge in [0.2, 0.25) is 5.91 Å². The summed E-state index contributed by atoms with van der Waals surface area (Å²) >= 11 is 2.46. The highest BCUT2D eigenvalue weighted by Gasteiger charge is 2.10. The van der Waals surface area contributed by atoms with E-state index in [9.17, 15) is 9.59 Å². The number of amides is 1. The molecule has 0 atom stereocenters. The number of rotatable bonds is 5. The normalized spacial score (nSPS) is 10.3. The van der Waals surface area contributed by atoms with Crippen molar-refractivity contribution < 1.29 is 14.7 Å². The standard InChI is InChI=1S/C10H10N4O3S2/c11-10-12-5(3-19-10)1-7(15)13-6-4-18-8(14-6)2-9(16)17/h3-4H,1-2H2,(H2,11,12)(H,13,15)(H,16,17). The topological polar surface area (TPSA) is 118 Å². The molecule has 100 valence electrons. The lowest BCUT2D eigenvalue weighted by Gasteiger charge is -1.99. The fourth-order valence-corrected chi connectivity index (χ4v) is 2.61. The van der Waals surface area contributed by atoms with Gasteiger partial charge in [0.25, 0.3) is 0 Å². The number of nitrogens with one attached hydrogen (secondary N) is 1. The van der Waals surface area contributed by atoms with Crippen LogP contribution in [-0.4, -0.2) is 27.0 Å². The van der Waals surface area contributed by atoms with Gasteiger partial charge in [-0.05, 0) is 0 Å². The van der Waals surface area contributed by atoms with Crippen LogP contribution in [0.3, 0.4) is 0 Å². The zero-order chi connectivity index (χ0) is 13.8. The summed E-state index contributed by atoms with van der Waals surface area (Å²) < 4.78 is 0. The zero-order valence-electron chi connectivity index (χ0n) is 9.62. The number of nitrogens with zero attached hydrogens (tertiary/aromatic N) is 2. The Balaban J connectivity index is 1.91. The summed E-state index contributed by atoms with van der Waals surface area (Å²) in [4.78, 5) is 30.2. The minimum Gasteiger partial charge on any atom is -0.481 e. The minimum absolute atomic E-state index is 0.111. The molecule has 0 aromatic carbocycles. The zero-order valence-corrected chi connectivity index (χ0v) is 11.3. The lowest BCUT2D eigenvalue weighted by Crippen LogP contribution is -2.15. The van der Waals surface area contributed by atoms with Crippen LogP contribution in [0, 0.1) is 0 Å². The van der Waals surface area contributed by atoms with Crippen molar-refractivity contribution in [1.82, 2.24) is 9.97 Å². The molecule has 0 unspecified atom stereocenters. The number of aliphatic carboxylic acids is 1. The Morgan fingerprint density at radius 1 is 1.26 bits per heavy atom. The Hall–Kier alpha value is -2.00. The van der Waals surface area contributed by atoms with Gasteiger partial charge in [-0.1, -0.05) is 0 Å². The van der Waals surface area contributed by atoms with Gasteiger partial charge < -0.3 is 16.2 Å². The molecular formula is C10H10N4O3S2. The van der Waals surface area contributed by atoms with Crippen molar-refractivity contribution in [2.24, 2.45) is 0 Å². The highest BCUT2D eigenvalue weighted by atomic mass is 32.1. The highest BCUT2D eigenvalue weighted by molar-refractivity contribution is 7.13. The monoisotopic (exact) mass is 298 g/mol. The molecule has 4 N–H and O–H groups in total. The van der Waals surface area contributed by atoms with Crippen LogP contribution in [0.5, 0.6) is 0 Å². The first-order valence-electron chi connectivity index (χ1n) is 5.19. The third kappa shape index (κ3) is 4.00. The van der Waals surface area contributed by atoms with Gasteiger partial charge >= 0.3 is 5.97 Å². The van der Waals surface area contributed by atoms with E-state index in [0.29, 0.717) is 21.7 Å². The summed E-state index contributed by atoms with van der Waals surface area (Å²) in [6.45, 7) is 0. The third-order valence-electron chi connectivity index (χ3n) is 2.03. The average Bonchev–Trinajstić information content (AvgIpc) is 2.88. The SMILES string of the molecule is Nc1nc(CC(=O)Nc2csc(CC(=O)O)n2)cs1. The molecule has 1 amide bonds. The molecule has 0 fully saturated rings. The smallest absolute Gasteiger partial charge is 0.310 e. The molecular weight excluding hydrogens is 288 g/mol. The largest absolute Gasteiger partial charge is 0.481 e. The number of aromatic nitrogens is 2. The van der Waals surface area contributed by atoms with Crippen LogP contribution in [0.25, 0.3) is 0 Å². The van der Waals surface area contributed by atoms with Crippen LogP contribution in [0.1, 0.15) is 10.7 Å². The average molecular weight is 298 g/mol. The summed E-state index contributed by atoms with van der Waals surface area (Å²) in [5.41, 5.74) is 6.06. The van der Waals surface area contributed by atoms with E-state index in [1.54, 1.807) is 10.8 Å². The molecule has 0 radical (unpaired) electrons. The van der Waals surface area contributed by atoms with Crippen molar-refractivity contribution in [2.75, 3.05) is 11.1 Å². The Morgan fingerprint density at radius 2 is 2.05 bits per heavy atom. The molecule has 2 aromatic rings. The molecule has 7 nitrogen and oxygen atoms in total. The summed E-state index contributed by atoms with van der Waals surface area (Å²) in [6.07, 6.45) is -0.0390. The van der Waals surface area contributed by atoms with Crippen LogP contribution < -0.4 is 11.1 Å². The van der Waals surface area contributed by atoms with Crippen LogP contribution in [0.15, 0.2) is 10.8 Å². The number of hydrogen-bond donors (Lipinski definition) is 3. The maximum absolute atomic E-state index is 11.7. The molecule has 19 heavy (non-hydrogen) atoms. The molecule has 2 heterocycles. The van der Waals surface area contributed by atoms with E-state index in [1.165, 1.54) is 22.7 Å². The predicted molar refractivity (Wildman–Crippen MR) is 72.3 cm³/mol. The Bertz CT molecular complexity index is 607. The van der Waals surface area contributed by atoms with Crippen LogP contribution >= 0.6 is 22.7 Å². The summed E-state index contributed by atoms with van der Waals surface area (Å²) in [5, 5.41) is 15.4. The van der Waals surface area contributed by atoms with Gasteiger partial charge in [-0.2, -0.15) is 0 Å². The number of carbonyl (C=O) groups is 2. The van der Waals surface area contributed by atoms with Gasteiger partial charge in [0.1, 0.15) is 10.8 Å². The van der Waals surface area contributed by atoms with Gasteiger partial charge in [-0.25, -0.2) is 9.97 Å². The van der Waals surface area contributed by atoms with Crippen molar-refractivity contribution in [1.29, 1.82) is 0 Å². The van der Waals surface area contributed by atoms with Gasteiger partial charge in [0.15, 0.2) is 5.13 Å². The van der Waals surface area contributed by atoms with Crippen molar-refractivity contribution >= 4 is 45.5 Å². The van der Waals surface area contributed by atoms with Crippen molar-refractivity contribution in [3.8, 4) is 0 Å². The molecule has 0 spiro atoms. The molecule has 0 aliphatic heterocycles. The first kappa shape index (κ1) is 13.4. The molecule has 0 aliphatic carbocycles. The number of carboxylic acids is 1. The van der Waals surface area contributed by atoms with E-state index >= 15 is 0 Å². The van der Waals surface area contributed by atoms with E-state index in [0.717, 1.165) is 0 Å². The van der Waals surface area contributed by atoms with E-state index in [-0.39, 0.29) is 18.7 Å². The maximum Gasteiger partial charge on any atom is 0.310 e. The third-order valence-corrected chi connectivity index (χ3v) is 3.60. The Kier molecular flexibility index (Phi) is 4.07. The van der Waals surface area contributed by atoms with Crippen LogP contribution in [0.4, 0.5) is 10.9 Å². The van der Waals surface area contributed by atoms with Crippen molar-refractivity contribution in [2.45, 2.75) is 12.8 Å². The van der Waals surface area contributed by atoms with Gasteiger partial charge in [0, 0.05) is 10.8 Å². The number of carboxylic acid groups (broad SMARTS) is 1. The number of carbonyl (C=O) groups excluding carboxylic acids is 1. The quantitative estimate of drug-likeness (QED) is 0.757. The molecule has 0 saturated heterocycles. The maximum atomic E-state index is 11.7. The number of anilines is 2. The number of nitrogens with two attached hydrogens (primary N) is 1. The van der Waals surface area contributed by atoms with Crippen molar-refractivity contribution in [3.63, 3.8) is 0 Å².